The third kappa shape index (κ3) is 3.10. The number of primary amides is 1. The summed E-state index contributed by atoms with van der Waals surface area (Å²) in [5.41, 5.74) is 5.52. The molecule has 2 saturated heterocycles. The second kappa shape index (κ2) is 7.44. The van der Waals surface area contributed by atoms with Crippen LogP contribution >= 0.6 is 11.6 Å². The molecule has 3 fully saturated rings. The van der Waals surface area contributed by atoms with Crippen LogP contribution in [0.1, 0.15) is 47.5 Å². The fraction of sp³-hybridized carbons (Fsp3) is 0.550. The number of amides is 2. The van der Waals surface area contributed by atoms with Crippen LogP contribution < -0.4 is 5.73 Å². The van der Waals surface area contributed by atoms with E-state index < -0.39 is 35.2 Å². The molecule has 2 N–H and O–H groups in total. The van der Waals surface area contributed by atoms with Crippen molar-refractivity contribution in [2.24, 2.45) is 11.7 Å². The maximum atomic E-state index is 14.9. The summed E-state index contributed by atoms with van der Waals surface area (Å²) in [7, 11) is 0. The predicted molar refractivity (Wildman–Crippen MR) is 99.5 cm³/mol. The van der Waals surface area contributed by atoms with Gasteiger partial charge in [0.15, 0.2) is 5.78 Å². The Balaban J connectivity index is 1.77. The number of carbonyl (C=O) groups excluding carboxylic acids is 3. The van der Waals surface area contributed by atoms with Crippen molar-refractivity contribution in [1.29, 1.82) is 0 Å². The molecule has 0 radical (unpaired) electrons. The molecule has 3 aliphatic rings. The van der Waals surface area contributed by atoms with Crippen LogP contribution in [-0.2, 0) is 14.3 Å². The van der Waals surface area contributed by atoms with Crippen molar-refractivity contribution in [2.75, 3.05) is 13.2 Å². The number of halogens is 2. The minimum Gasteiger partial charge on any atom is -0.366 e. The average Bonchev–Trinajstić information content (AvgIpc) is 3.37. The number of nitrogens with two attached hydrogens (primary N) is 1. The fourth-order valence-electron chi connectivity index (χ4n) is 4.92. The molecule has 0 aromatic heterocycles. The second-order valence-electron chi connectivity index (χ2n) is 7.78. The number of likely N-dealkylation sites (tertiary alicyclic amines) is 1. The molecule has 0 spiro atoms. The topological polar surface area (TPSA) is 89.7 Å². The number of nitrogens with zero attached hydrogens (tertiary/aromatic N) is 1. The zero-order chi connectivity index (χ0) is 20.0. The second-order valence-corrected chi connectivity index (χ2v) is 8.34. The highest BCUT2D eigenvalue weighted by molar-refractivity contribution is 6.22. The highest BCUT2D eigenvalue weighted by Gasteiger charge is 2.53. The number of ketones is 1. The smallest absolute Gasteiger partial charge is 0.249 e. The summed E-state index contributed by atoms with van der Waals surface area (Å²) >= 11 is 6.32. The van der Waals surface area contributed by atoms with E-state index in [2.05, 4.69) is 0 Å². The molecule has 1 aliphatic carbocycles. The van der Waals surface area contributed by atoms with Crippen molar-refractivity contribution in [3.05, 3.63) is 35.1 Å². The van der Waals surface area contributed by atoms with E-state index in [1.54, 1.807) is 0 Å². The van der Waals surface area contributed by atoms with Crippen LogP contribution in [0, 0.1) is 11.7 Å². The van der Waals surface area contributed by atoms with E-state index >= 15 is 0 Å². The van der Waals surface area contributed by atoms with E-state index in [1.807, 2.05) is 0 Å². The van der Waals surface area contributed by atoms with Gasteiger partial charge >= 0.3 is 0 Å². The summed E-state index contributed by atoms with van der Waals surface area (Å²) < 4.78 is 20.3. The minimum absolute atomic E-state index is 0.0115. The lowest BCUT2D eigenvalue weighted by Gasteiger charge is -2.31. The Morgan fingerprint density at radius 2 is 2.00 bits per heavy atom. The number of fused-ring (bicyclic) bond motifs is 1. The quantitative estimate of drug-likeness (QED) is 0.771. The molecular formula is C20H22ClFN2O4. The first-order valence-corrected chi connectivity index (χ1v) is 10.0. The molecule has 150 valence electrons. The maximum absolute atomic E-state index is 14.9. The number of ether oxygens (including phenoxy) is 1. The van der Waals surface area contributed by atoms with Gasteiger partial charge in [-0.3, -0.25) is 14.4 Å². The van der Waals surface area contributed by atoms with E-state index in [4.69, 9.17) is 22.1 Å². The van der Waals surface area contributed by atoms with Gasteiger partial charge in [0.2, 0.25) is 11.8 Å². The molecule has 28 heavy (non-hydrogen) atoms. The monoisotopic (exact) mass is 408 g/mol. The first-order valence-electron chi connectivity index (χ1n) is 9.57. The van der Waals surface area contributed by atoms with E-state index in [9.17, 15) is 18.8 Å². The number of carbonyl (C=O) groups is 3. The Bertz CT molecular complexity index is 826. The van der Waals surface area contributed by atoms with Crippen molar-refractivity contribution in [1.82, 2.24) is 4.90 Å². The van der Waals surface area contributed by atoms with E-state index in [1.165, 1.54) is 23.1 Å². The number of benzene rings is 1. The molecule has 0 bridgehead atoms. The third-order valence-electron chi connectivity index (χ3n) is 6.17. The van der Waals surface area contributed by atoms with E-state index in [0.29, 0.717) is 0 Å². The molecule has 4 rings (SSSR count). The number of hydrogen-bond donors (Lipinski definition) is 1. The van der Waals surface area contributed by atoms with Crippen LogP contribution in [-0.4, -0.2) is 53.2 Å². The standard InChI is InChI=1S/C20H22ClFN2O4/c21-12-8-24(17-14(25)9-28-18(12)17)20(27)15(10-4-1-2-5-10)16-11(19(23)26)6-3-7-13(16)22/h3,6-7,10,12,15,17-18H,1-2,4-5,8-9H2,(H2,23,26)/t12-,15-,17+,18+/m0/s1. The number of alkyl halides is 1. The summed E-state index contributed by atoms with van der Waals surface area (Å²) in [6, 6.07) is 3.33. The van der Waals surface area contributed by atoms with Crippen LogP contribution in [0.3, 0.4) is 0 Å². The van der Waals surface area contributed by atoms with Crippen LogP contribution in [0.5, 0.6) is 0 Å². The molecule has 8 heteroatoms. The number of rotatable bonds is 4. The molecule has 1 saturated carbocycles. The van der Waals surface area contributed by atoms with Crippen LogP contribution in [0.25, 0.3) is 0 Å². The first-order chi connectivity index (χ1) is 13.4. The van der Waals surface area contributed by atoms with Crippen LogP contribution in [0.2, 0.25) is 0 Å². The Hall–Kier alpha value is -1.99. The van der Waals surface area contributed by atoms with Gasteiger partial charge in [-0.2, -0.15) is 0 Å². The normalized spacial score (nSPS) is 28.6. The molecule has 6 nitrogen and oxygen atoms in total. The zero-order valence-electron chi connectivity index (χ0n) is 15.3. The van der Waals surface area contributed by atoms with E-state index in [-0.39, 0.29) is 41.9 Å². The molecule has 4 atom stereocenters. The van der Waals surface area contributed by atoms with Gasteiger partial charge in [-0.1, -0.05) is 18.9 Å². The number of hydrogen-bond acceptors (Lipinski definition) is 4. The summed E-state index contributed by atoms with van der Waals surface area (Å²) in [6.45, 7) is 0.0771. The average molecular weight is 409 g/mol. The van der Waals surface area contributed by atoms with Gasteiger partial charge in [-0.25, -0.2) is 4.39 Å². The Kier molecular flexibility index (Phi) is 5.14. The van der Waals surface area contributed by atoms with Crippen molar-refractivity contribution in [3.8, 4) is 0 Å². The lowest BCUT2D eigenvalue weighted by molar-refractivity contribution is -0.138. The number of Topliss-reactive ketones (excluding diaryl/α,β-unsaturated/α-hetero) is 1. The highest BCUT2D eigenvalue weighted by atomic mass is 35.5. The summed E-state index contributed by atoms with van der Waals surface area (Å²) in [6.07, 6.45) is 2.82. The van der Waals surface area contributed by atoms with Gasteiger partial charge < -0.3 is 15.4 Å². The Labute approximate surface area is 167 Å². The van der Waals surface area contributed by atoms with Gasteiger partial charge in [0, 0.05) is 17.7 Å². The lowest BCUT2D eigenvalue weighted by Crippen LogP contribution is -2.45. The van der Waals surface area contributed by atoms with Crippen LogP contribution in [0.4, 0.5) is 4.39 Å². The molecule has 1 aromatic carbocycles. The molecule has 2 aliphatic heterocycles. The summed E-state index contributed by atoms with van der Waals surface area (Å²) in [4.78, 5) is 39.3. The molecule has 1 aromatic rings. The Morgan fingerprint density at radius 1 is 1.29 bits per heavy atom. The van der Waals surface area contributed by atoms with Crippen molar-refractivity contribution in [2.45, 2.75) is 49.1 Å². The minimum atomic E-state index is -0.873. The molecular weight excluding hydrogens is 387 g/mol. The SMILES string of the molecule is NC(=O)c1cccc(F)c1[C@@H](C(=O)N1C[C@H](Cl)[C@H]2OCC(=O)[C@H]21)C1CCCC1. The van der Waals surface area contributed by atoms with Crippen LogP contribution in [0.15, 0.2) is 18.2 Å². The van der Waals surface area contributed by atoms with Crippen molar-refractivity contribution >= 4 is 29.2 Å². The first kappa shape index (κ1) is 19.3. The largest absolute Gasteiger partial charge is 0.366 e. The fourth-order valence-corrected chi connectivity index (χ4v) is 5.28. The Morgan fingerprint density at radius 3 is 2.68 bits per heavy atom. The summed E-state index contributed by atoms with van der Waals surface area (Å²) in [5.74, 6) is -2.98. The molecule has 2 heterocycles. The van der Waals surface area contributed by atoms with E-state index in [0.717, 1.165) is 25.7 Å². The predicted octanol–water partition coefficient (Wildman–Crippen LogP) is 1.98. The van der Waals surface area contributed by atoms with Crippen molar-refractivity contribution < 1.29 is 23.5 Å². The van der Waals surface area contributed by atoms with Crippen molar-refractivity contribution in [3.63, 3.8) is 0 Å². The highest BCUT2D eigenvalue weighted by Crippen LogP contribution is 2.43. The lowest BCUT2D eigenvalue weighted by atomic mass is 9.80. The zero-order valence-corrected chi connectivity index (χ0v) is 16.0. The maximum Gasteiger partial charge on any atom is 0.249 e. The molecule has 0 unspecified atom stereocenters. The van der Waals surface area contributed by atoms with Gasteiger partial charge in [-0.15, -0.1) is 11.6 Å². The summed E-state index contributed by atoms with van der Waals surface area (Å²) in [5, 5.41) is -0.499. The van der Waals surface area contributed by atoms with Gasteiger partial charge in [0.1, 0.15) is 24.6 Å². The molecule has 2 amide bonds. The third-order valence-corrected chi connectivity index (χ3v) is 6.56. The van der Waals surface area contributed by atoms with Gasteiger partial charge in [0.25, 0.3) is 0 Å². The van der Waals surface area contributed by atoms with Gasteiger partial charge in [-0.05, 0) is 30.9 Å². The van der Waals surface area contributed by atoms with Gasteiger partial charge in [0.05, 0.1) is 11.3 Å².